The molecule has 3 rings (SSSR count). The van der Waals surface area contributed by atoms with Crippen LogP contribution < -0.4 is 5.32 Å². The van der Waals surface area contributed by atoms with Crippen LogP contribution in [-0.4, -0.2) is 36.1 Å². The number of nitrogens with one attached hydrogen (secondary N) is 1. The number of piperazine rings is 1. The van der Waals surface area contributed by atoms with Crippen LogP contribution in [0.15, 0.2) is 24.4 Å². The smallest absolute Gasteiger partial charge is 0.123 e. The number of aryl methyl sites for hydroxylation is 1. The molecule has 1 fully saturated rings. The summed E-state index contributed by atoms with van der Waals surface area (Å²) in [4.78, 5) is 2.33. The maximum absolute atomic E-state index is 13.5. The van der Waals surface area contributed by atoms with Gasteiger partial charge in [0.1, 0.15) is 5.82 Å². The molecule has 4 heteroatoms. The predicted molar refractivity (Wildman–Crippen MR) is 71.1 cm³/mol. The third-order valence-corrected chi connectivity index (χ3v) is 3.85. The van der Waals surface area contributed by atoms with Gasteiger partial charge in [0.05, 0.1) is 0 Å². The Morgan fingerprint density at radius 3 is 2.94 bits per heavy atom. The predicted octanol–water partition coefficient (Wildman–Crippen LogP) is 1.89. The molecule has 0 spiro atoms. The molecule has 1 aromatic carbocycles. The van der Waals surface area contributed by atoms with Crippen molar-refractivity contribution in [1.82, 2.24) is 14.8 Å². The van der Waals surface area contributed by atoms with Gasteiger partial charge in [0.15, 0.2) is 0 Å². The number of hydrogen-bond acceptors (Lipinski definition) is 2. The van der Waals surface area contributed by atoms with Crippen LogP contribution in [0.3, 0.4) is 0 Å². The van der Waals surface area contributed by atoms with Crippen molar-refractivity contribution in [2.24, 2.45) is 7.05 Å². The molecule has 1 atom stereocenters. The first-order valence-electron chi connectivity index (χ1n) is 6.32. The average molecular weight is 247 g/mol. The van der Waals surface area contributed by atoms with E-state index in [0.717, 1.165) is 30.5 Å². The first kappa shape index (κ1) is 11.7. The fraction of sp³-hybridized carbons (Fsp3) is 0.429. The highest BCUT2D eigenvalue weighted by molar-refractivity contribution is 5.84. The lowest BCUT2D eigenvalue weighted by molar-refractivity contribution is 0.203. The number of aromatic nitrogens is 1. The Bertz CT molecular complexity index is 576. The summed E-state index contributed by atoms with van der Waals surface area (Å²) in [5, 5.41) is 4.43. The first-order valence-corrected chi connectivity index (χ1v) is 6.32. The van der Waals surface area contributed by atoms with Crippen LogP contribution in [0, 0.1) is 5.82 Å². The number of rotatable bonds is 1. The van der Waals surface area contributed by atoms with E-state index < -0.39 is 0 Å². The molecule has 1 aliphatic rings. The molecule has 1 saturated heterocycles. The van der Waals surface area contributed by atoms with Crippen molar-refractivity contribution < 1.29 is 4.39 Å². The summed E-state index contributed by atoms with van der Waals surface area (Å²) in [6.45, 7) is 2.97. The summed E-state index contributed by atoms with van der Waals surface area (Å²) in [7, 11) is 4.14. The molecule has 1 aromatic heterocycles. The van der Waals surface area contributed by atoms with Crippen LogP contribution in [0.5, 0.6) is 0 Å². The highest BCUT2D eigenvalue weighted by atomic mass is 19.1. The summed E-state index contributed by atoms with van der Waals surface area (Å²) in [6.07, 6.45) is 2.12. The molecule has 0 saturated carbocycles. The van der Waals surface area contributed by atoms with Crippen molar-refractivity contribution in [1.29, 1.82) is 0 Å². The van der Waals surface area contributed by atoms with Gasteiger partial charge in [-0.15, -0.1) is 0 Å². The summed E-state index contributed by atoms with van der Waals surface area (Å²) >= 11 is 0. The molecule has 2 heterocycles. The number of nitrogens with zero attached hydrogens (tertiary/aromatic N) is 2. The Labute approximate surface area is 106 Å². The second-order valence-corrected chi connectivity index (χ2v) is 5.06. The monoisotopic (exact) mass is 247 g/mol. The number of halogens is 1. The molecular formula is C14H18FN3. The van der Waals surface area contributed by atoms with Crippen molar-refractivity contribution in [2.75, 3.05) is 26.7 Å². The van der Waals surface area contributed by atoms with Gasteiger partial charge in [-0.1, -0.05) is 0 Å². The molecule has 0 amide bonds. The Morgan fingerprint density at radius 1 is 1.33 bits per heavy atom. The molecule has 1 N–H and O–H groups in total. The topological polar surface area (TPSA) is 20.2 Å². The highest BCUT2D eigenvalue weighted by Gasteiger charge is 2.23. The number of fused-ring (bicyclic) bond motifs is 1. The molecular weight excluding hydrogens is 229 g/mol. The van der Waals surface area contributed by atoms with E-state index in [-0.39, 0.29) is 5.82 Å². The normalized spacial score (nSPS) is 21.6. The minimum absolute atomic E-state index is 0.165. The van der Waals surface area contributed by atoms with E-state index in [2.05, 4.69) is 28.0 Å². The molecule has 0 aliphatic carbocycles. The maximum atomic E-state index is 13.5. The van der Waals surface area contributed by atoms with Gasteiger partial charge >= 0.3 is 0 Å². The lowest BCUT2D eigenvalue weighted by Crippen LogP contribution is -2.43. The van der Waals surface area contributed by atoms with Gasteiger partial charge < -0.3 is 9.88 Å². The van der Waals surface area contributed by atoms with E-state index in [0.29, 0.717) is 6.04 Å². The standard InChI is InChI=1S/C14H18FN3/c1-17-6-5-16-8-14(17)12-9-18(2)13-4-3-10(15)7-11(12)13/h3-4,7,9,14,16H,5-6,8H2,1-2H3. The minimum atomic E-state index is -0.165. The van der Waals surface area contributed by atoms with Crippen LogP contribution in [0.4, 0.5) is 4.39 Å². The van der Waals surface area contributed by atoms with Crippen molar-refractivity contribution in [3.05, 3.63) is 35.8 Å². The summed E-state index contributed by atoms with van der Waals surface area (Å²) in [6, 6.07) is 5.34. The number of benzene rings is 1. The molecule has 0 bridgehead atoms. The molecule has 1 unspecified atom stereocenters. The van der Waals surface area contributed by atoms with Crippen LogP contribution in [0.25, 0.3) is 10.9 Å². The molecule has 1 aliphatic heterocycles. The zero-order chi connectivity index (χ0) is 12.7. The van der Waals surface area contributed by atoms with Gasteiger partial charge in [0, 0.05) is 49.8 Å². The molecule has 96 valence electrons. The van der Waals surface area contributed by atoms with Crippen LogP contribution in [-0.2, 0) is 7.05 Å². The fourth-order valence-corrected chi connectivity index (χ4v) is 2.81. The van der Waals surface area contributed by atoms with Crippen LogP contribution >= 0.6 is 0 Å². The van der Waals surface area contributed by atoms with E-state index >= 15 is 0 Å². The molecule has 2 aromatic rings. The quantitative estimate of drug-likeness (QED) is 0.830. The van der Waals surface area contributed by atoms with E-state index in [1.54, 1.807) is 6.07 Å². The van der Waals surface area contributed by atoms with E-state index in [1.165, 1.54) is 11.6 Å². The second-order valence-electron chi connectivity index (χ2n) is 5.06. The lowest BCUT2D eigenvalue weighted by atomic mass is 10.0. The van der Waals surface area contributed by atoms with Gasteiger partial charge in [0.2, 0.25) is 0 Å². The fourth-order valence-electron chi connectivity index (χ4n) is 2.81. The summed E-state index contributed by atoms with van der Waals surface area (Å²) in [5.74, 6) is -0.165. The Hall–Kier alpha value is -1.39. The van der Waals surface area contributed by atoms with Crippen LogP contribution in [0.2, 0.25) is 0 Å². The number of likely N-dealkylation sites (N-methyl/N-ethyl adjacent to an activating group) is 1. The Morgan fingerprint density at radius 2 is 2.17 bits per heavy atom. The van der Waals surface area contributed by atoms with Gasteiger partial charge in [-0.25, -0.2) is 4.39 Å². The maximum Gasteiger partial charge on any atom is 0.123 e. The van der Waals surface area contributed by atoms with Gasteiger partial charge in [-0.3, -0.25) is 4.90 Å². The third kappa shape index (κ3) is 1.82. The Balaban J connectivity index is 2.13. The van der Waals surface area contributed by atoms with Crippen LogP contribution in [0.1, 0.15) is 11.6 Å². The number of hydrogen-bond donors (Lipinski definition) is 1. The minimum Gasteiger partial charge on any atom is -0.350 e. The zero-order valence-corrected chi connectivity index (χ0v) is 10.8. The average Bonchev–Trinajstić information content (AvgIpc) is 2.67. The van der Waals surface area contributed by atoms with Crippen molar-refractivity contribution >= 4 is 10.9 Å². The van der Waals surface area contributed by atoms with E-state index in [4.69, 9.17) is 0 Å². The van der Waals surface area contributed by atoms with Crippen molar-refractivity contribution in [3.63, 3.8) is 0 Å². The third-order valence-electron chi connectivity index (χ3n) is 3.85. The van der Waals surface area contributed by atoms with Crippen molar-refractivity contribution in [3.8, 4) is 0 Å². The largest absolute Gasteiger partial charge is 0.350 e. The lowest BCUT2D eigenvalue weighted by Gasteiger charge is -2.33. The SMILES string of the molecule is CN1CCNCC1c1cn(C)c2ccc(F)cc12. The van der Waals surface area contributed by atoms with Gasteiger partial charge in [-0.2, -0.15) is 0 Å². The Kier molecular flexibility index (Phi) is 2.84. The summed E-state index contributed by atoms with van der Waals surface area (Å²) in [5.41, 5.74) is 2.30. The van der Waals surface area contributed by atoms with E-state index in [1.807, 2.05) is 13.1 Å². The molecule has 0 radical (unpaired) electrons. The van der Waals surface area contributed by atoms with Gasteiger partial charge in [-0.05, 0) is 30.8 Å². The zero-order valence-electron chi connectivity index (χ0n) is 10.8. The summed E-state index contributed by atoms with van der Waals surface area (Å²) < 4.78 is 15.5. The second kappa shape index (κ2) is 4.37. The van der Waals surface area contributed by atoms with Crippen molar-refractivity contribution in [2.45, 2.75) is 6.04 Å². The first-order chi connectivity index (χ1) is 8.66. The van der Waals surface area contributed by atoms with Gasteiger partial charge in [0.25, 0.3) is 0 Å². The molecule has 18 heavy (non-hydrogen) atoms. The highest BCUT2D eigenvalue weighted by Crippen LogP contribution is 2.30. The molecule has 3 nitrogen and oxygen atoms in total. The van der Waals surface area contributed by atoms with E-state index in [9.17, 15) is 4.39 Å².